The van der Waals surface area contributed by atoms with E-state index in [1.54, 1.807) is 30.3 Å². The molecular weight excluding hydrogens is 416 g/mol. The lowest BCUT2D eigenvalue weighted by molar-refractivity contribution is -0.112. The van der Waals surface area contributed by atoms with Gasteiger partial charge in [0.15, 0.2) is 0 Å². The summed E-state index contributed by atoms with van der Waals surface area (Å²) in [5, 5.41) is 12.0. The fourth-order valence-electron chi connectivity index (χ4n) is 2.49. The average Bonchev–Trinajstić information content (AvgIpc) is 2.72. The first-order valence-corrected chi connectivity index (χ1v) is 9.39. The van der Waals surface area contributed by atoms with Gasteiger partial charge in [0.2, 0.25) is 0 Å². The number of ether oxygens (including phenoxy) is 1. The summed E-state index contributed by atoms with van der Waals surface area (Å²) in [6, 6.07) is 26.3. The molecular formula is C23H17BrN2O2. The third kappa shape index (κ3) is 5.57. The molecule has 0 saturated carbocycles. The molecule has 0 aliphatic carbocycles. The summed E-state index contributed by atoms with van der Waals surface area (Å²) < 4.78 is 6.61. The van der Waals surface area contributed by atoms with E-state index in [0.717, 1.165) is 15.6 Å². The number of nitrogens with one attached hydrogen (secondary N) is 1. The van der Waals surface area contributed by atoms with Gasteiger partial charge in [0, 0.05) is 10.2 Å². The lowest BCUT2D eigenvalue weighted by Crippen LogP contribution is -2.13. The number of carbonyl (C=O) groups excluding carboxylic acids is 1. The number of amides is 1. The zero-order chi connectivity index (χ0) is 19.8. The van der Waals surface area contributed by atoms with Crippen LogP contribution in [0.2, 0.25) is 0 Å². The van der Waals surface area contributed by atoms with Crippen LogP contribution in [0.4, 0.5) is 5.69 Å². The standard InChI is InChI=1S/C23H17BrN2O2/c24-20-8-4-7-18(14-20)13-19(15-25)23(27)26-21-9-11-22(12-10-21)28-16-17-5-2-1-3-6-17/h1-14H,16H2,(H,26,27)/b19-13+. The molecule has 5 heteroatoms. The van der Waals surface area contributed by atoms with E-state index < -0.39 is 5.91 Å². The number of rotatable bonds is 6. The van der Waals surface area contributed by atoms with E-state index in [1.165, 1.54) is 0 Å². The second-order valence-electron chi connectivity index (χ2n) is 5.98. The van der Waals surface area contributed by atoms with Crippen molar-refractivity contribution in [2.75, 3.05) is 5.32 Å². The Morgan fingerprint density at radius 1 is 1.04 bits per heavy atom. The van der Waals surface area contributed by atoms with Crippen LogP contribution in [0.15, 0.2) is 88.9 Å². The van der Waals surface area contributed by atoms with Gasteiger partial charge in [0.05, 0.1) is 0 Å². The molecule has 0 aromatic heterocycles. The maximum absolute atomic E-state index is 12.4. The number of halogens is 1. The van der Waals surface area contributed by atoms with E-state index in [1.807, 2.05) is 60.7 Å². The summed E-state index contributed by atoms with van der Waals surface area (Å²) in [5.41, 5.74) is 2.47. The first-order valence-electron chi connectivity index (χ1n) is 8.59. The van der Waals surface area contributed by atoms with E-state index in [9.17, 15) is 10.1 Å². The van der Waals surface area contributed by atoms with Crippen LogP contribution in [0.25, 0.3) is 6.08 Å². The lowest BCUT2D eigenvalue weighted by Gasteiger charge is -2.08. The Hall–Kier alpha value is -3.36. The van der Waals surface area contributed by atoms with Gasteiger partial charge in [-0.15, -0.1) is 0 Å². The Balaban J connectivity index is 1.62. The number of nitriles is 1. The fraction of sp³-hybridized carbons (Fsp3) is 0.0435. The minimum Gasteiger partial charge on any atom is -0.489 e. The van der Waals surface area contributed by atoms with Crippen molar-refractivity contribution < 1.29 is 9.53 Å². The monoisotopic (exact) mass is 432 g/mol. The SMILES string of the molecule is N#C/C(=C\c1cccc(Br)c1)C(=O)Nc1ccc(OCc2ccccc2)cc1. The maximum atomic E-state index is 12.4. The summed E-state index contributed by atoms with van der Waals surface area (Å²) in [7, 11) is 0. The molecule has 0 bridgehead atoms. The number of hydrogen-bond acceptors (Lipinski definition) is 3. The van der Waals surface area contributed by atoms with Crippen molar-refractivity contribution in [3.8, 4) is 11.8 Å². The van der Waals surface area contributed by atoms with Crippen molar-refractivity contribution in [2.24, 2.45) is 0 Å². The molecule has 28 heavy (non-hydrogen) atoms. The Bertz CT molecular complexity index is 1020. The van der Waals surface area contributed by atoms with E-state index in [-0.39, 0.29) is 5.57 Å². The Labute approximate surface area is 172 Å². The van der Waals surface area contributed by atoms with E-state index in [0.29, 0.717) is 18.0 Å². The average molecular weight is 433 g/mol. The van der Waals surface area contributed by atoms with Crippen LogP contribution in [0.1, 0.15) is 11.1 Å². The summed E-state index contributed by atoms with van der Waals surface area (Å²) in [6.45, 7) is 0.473. The molecule has 3 aromatic carbocycles. The quantitative estimate of drug-likeness (QED) is 0.408. The van der Waals surface area contributed by atoms with Gasteiger partial charge in [0.1, 0.15) is 24.0 Å². The van der Waals surface area contributed by atoms with Crippen molar-refractivity contribution >= 4 is 33.6 Å². The third-order valence-corrected chi connectivity index (χ3v) is 4.38. The largest absolute Gasteiger partial charge is 0.489 e. The van der Waals surface area contributed by atoms with Crippen LogP contribution in [0.3, 0.4) is 0 Å². The molecule has 138 valence electrons. The van der Waals surface area contributed by atoms with Crippen LogP contribution < -0.4 is 10.1 Å². The summed E-state index contributed by atoms with van der Waals surface area (Å²) in [5.74, 6) is 0.243. The molecule has 0 aliphatic rings. The number of carbonyl (C=O) groups is 1. The molecule has 1 N–H and O–H groups in total. The van der Waals surface area contributed by atoms with Gasteiger partial charge in [-0.3, -0.25) is 4.79 Å². The molecule has 4 nitrogen and oxygen atoms in total. The molecule has 3 rings (SSSR count). The minimum absolute atomic E-state index is 0.0301. The van der Waals surface area contributed by atoms with Crippen LogP contribution in [0, 0.1) is 11.3 Å². The number of benzene rings is 3. The summed E-state index contributed by atoms with van der Waals surface area (Å²) in [6.07, 6.45) is 1.55. The Morgan fingerprint density at radius 3 is 2.46 bits per heavy atom. The molecule has 0 fully saturated rings. The maximum Gasteiger partial charge on any atom is 0.266 e. The molecule has 3 aromatic rings. The second-order valence-corrected chi connectivity index (χ2v) is 6.89. The van der Waals surface area contributed by atoms with Crippen LogP contribution in [-0.2, 0) is 11.4 Å². The predicted molar refractivity (Wildman–Crippen MR) is 114 cm³/mol. The summed E-state index contributed by atoms with van der Waals surface area (Å²) >= 11 is 3.37. The van der Waals surface area contributed by atoms with Gasteiger partial charge in [-0.1, -0.05) is 58.4 Å². The van der Waals surface area contributed by atoms with Crippen molar-refractivity contribution in [3.63, 3.8) is 0 Å². The second kappa shape index (κ2) is 9.54. The third-order valence-electron chi connectivity index (χ3n) is 3.89. The van der Waals surface area contributed by atoms with E-state index in [4.69, 9.17) is 4.74 Å². The predicted octanol–water partition coefficient (Wildman–Crippen LogP) is 5.57. The number of nitrogens with zero attached hydrogens (tertiary/aromatic N) is 1. The number of anilines is 1. The zero-order valence-electron chi connectivity index (χ0n) is 14.9. The molecule has 0 atom stereocenters. The van der Waals surface area contributed by atoms with E-state index >= 15 is 0 Å². The van der Waals surface area contributed by atoms with Gasteiger partial charge in [-0.2, -0.15) is 5.26 Å². The molecule has 0 saturated heterocycles. The minimum atomic E-state index is -0.458. The lowest BCUT2D eigenvalue weighted by atomic mass is 10.1. The first-order chi connectivity index (χ1) is 13.6. The highest BCUT2D eigenvalue weighted by atomic mass is 79.9. The number of hydrogen-bond donors (Lipinski definition) is 1. The Morgan fingerprint density at radius 2 is 1.79 bits per heavy atom. The van der Waals surface area contributed by atoms with E-state index in [2.05, 4.69) is 21.2 Å². The molecule has 0 radical (unpaired) electrons. The van der Waals surface area contributed by atoms with Gasteiger partial charge >= 0.3 is 0 Å². The normalized spacial score (nSPS) is 10.8. The fourth-order valence-corrected chi connectivity index (χ4v) is 2.90. The van der Waals surface area contributed by atoms with Crippen LogP contribution in [0.5, 0.6) is 5.75 Å². The van der Waals surface area contributed by atoms with Crippen molar-refractivity contribution in [3.05, 3.63) is 100 Å². The first kappa shape index (κ1) is 19.4. The van der Waals surface area contributed by atoms with Crippen LogP contribution >= 0.6 is 15.9 Å². The smallest absolute Gasteiger partial charge is 0.266 e. The zero-order valence-corrected chi connectivity index (χ0v) is 16.5. The molecule has 0 heterocycles. The van der Waals surface area contributed by atoms with Crippen molar-refractivity contribution in [2.45, 2.75) is 6.61 Å². The highest BCUT2D eigenvalue weighted by molar-refractivity contribution is 9.10. The molecule has 0 spiro atoms. The highest BCUT2D eigenvalue weighted by Gasteiger charge is 2.10. The molecule has 0 aliphatic heterocycles. The molecule has 1 amide bonds. The summed E-state index contributed by atoms with van der Waals surface area (Å²) in [4.78, 5) is 12.4. The van der Waals surface area contributed by atoms with Gasteiger partial charge in [0.25, 0.3) is 5.91 Å². The highest BCUT2D eigenvalue weighted by Crippen LogP contribution is 2.19. The molecule has 0 unspecified atom stereocenters. The Kier molecular flexibility index (Phi) is 6.61. The van der Waals surface area contributed by atoms with Gasteiger partial charge < -0.3 is 10.1 Å². The van der Waals surface area contributed by atoms with Crippen LogP contribution in [-0.4, -0.2) is 5.91 Å². The van der Waals surface area contributed by atoms with Crippen molar-refractivity contribution in [1.29, 1.82) is 5.26 Å². The topological polar surface area (TPSA) is 62.1 Å². The van der Waals surface area contributed by atoms with Crippen molar-refractivity contribution in [1.82, 2.24) is 0 Å². The van der Waals surface area contributed by atoms with Gasteiger partial charge in [-0.25, -0.2) is 0 Å². The van der Waals surface area contributed by atoms with Gasteiger partial charge in [-0.05, 0) is 53.6 Å².